The summed E-state index contributed by atoms with van der Waals surface area (Å²) in [6, 6.07) is 8.41. The van der Waals surface area contributed by atoms with Crippen LogP contribution in [0.15, 0.2) is 24.3 Å². The molecule has 1 unspecified atom stereocenters. The van der Waals surface area contributed by atoms with E-state index in [0.29, 0.717) is 37.6 Å². The Bertz CT molecular complexity index is 478. The van der Waals surface area contributed by atoms with E-state index in [2.05, 4.69) is 10.6 Å². The van der Waals surface area contributed by atoms with E-state index in [-0.39, 0.29) is 12.1 Å². The first kappa shape index (κ1) is 13.3. The zero-order chi connectivity index (χ0) is 13.5. The number of benzene rings is 1. The minimum absolute atomic E-state index is 0.107. The lowest BCUT2D eigenvalue weighted by Gasteiger charge is -2.23. The summed E-state index contributed by atoms with van der Waals surface area (Å²) in [5, 5.41) is 14.1. The fourth-order valence-corrected chi connectivity index (χ4v) is 1.70. The van der Waals surface area contributed by atoms with Crippen LogP contribution in [0.3, 0.4) is 0 Å². The Morgan fingerprint density at radius 2 is 2.37 bits per heavy atom. The molecule has 1 heterocycles. The van der Waals surface area contributed by atoms with Gasteiger partial charge in [0.2, 0.25) is 0 Å². The quantitative estimate of drug-likeness (QED) is 0.853. The van der Waals surface area contributed by atoms with Gasteiger partial charge in [-0.3, -0.25) is 0 Å². The summed E-state index contributed by atoms with van der Waals surface area (Å²) in [4.78, 5) is 11.7. The molecule has 0 aliphatic carbocycles. The number of rotatable bonds is 3. The highest BCUT2D eigenvalue weighted by atomic mass is 16.6. The summed E-state index contributed by atoms with van der Waals surface area (Å²) in [5.41, 5.74) is 1.08. The van der Waals surface area contributed by atoms with Gasteiger partial charge in [-0.2, -0.15) is 5.26 Å². The summed E-state index contributed by atoms with van der Waals surface area (Å²) in [6.07, 6.45) is -0.107. The number of amides is 2. The van der Waals surface area contributed by atoms with Gasteiger partial charge in [-0.05, 0) is 18.2 Å². The number of nitrogens with one attached hydrogen (secondary N) is 2. The van der Waals surface area contributed by atoms with Crippen LogP contribution in [0.25, 0.3) is 0 Å². The molecule has 1 aromatic rings. The number of nitrogens with zero attached hydrogens (tertiary/aromatic N) is 1. The van der Waals surface area contributed by atoms with Crippen LogP contribution in [-0.4, -0.2) is 38.5 Å². The molecule has 0 bridgehead atoms. The molecule has 2 rings (SSSR count). The SMILES string of the molecule is N#Cc1cccc(NC(=O)NCC2COCCO2)c1. The monoisotopic (exact) mass is 261 g/mol. The highest BCUT2D eigenvalue weighted by Crippen LogP contribution is 2.09. The number of carbonyl (C=O) groups excluding carboxylic acids is 1. The largest absolute Gasteiger partial charge is 0.376 e. The number of hydrogen-bond acceptors (Lipinski definition) is 4. The molecule has 1 aliphatic heterocycles. The van der Waals surface area contributed by atoms with Crippen LogP contribution in [-0.2, 0) is 9.47 Å². The lowest BCUT2D eigenvalue weighted by molar-refractivity contribution is -0.0852. The average molecular weight is 261 g/mol. The Balaban J connectivity index is 1.78. The molecule has 0 spiro atoms. The van der Waals surface area contributed by atoms with E-state index in [1.807, 2.05) is 6.07 Å². The Kier molecular flexibility index (Phi) is 4.72. The van der Waals surface area contributed by atoms with Crippen molar-refractivity contribution in [2.45, 2.75) is 6.10 Å². The molecule has 1 atom stereocenters. The topological polar surface area (TPSA) is 83.4 Å². The third kappa shape index (κ3) is 4.25. The number of hydrogen-bond donors (Lipinski definition) is 2. The highest BCUT2D eigenvalue weighted by Gasteiger charge is 2.15. The first-order valence-corrected chi connectivity index (χ1v) is 6.02. The Labute approximate surface area is 111 Å². The van der Waals surface area contributed by atoms with Crippen molar-refractivity contribution in [3.8, 4) is 6.07 Å². The predicted octanol–water partition coefficient (Wildman–Crippen LogP) is 1.10. The standard InChI is InChI=1S/C13H15N3O3/c14-7-10-2-1-3-11(6-10)16-13(17)15-8-12-9-18-4-5-19-12/h1-3,6,12H,4-5,8-9H2,(H2,15,16,17). The molecular formula is C13H15N3O3. The normalized spacial score (nSPS) is 18.4. The third-order valence-corrected chi connectivity index (χ3v) is 2.62. The molecule has 1 aliphatic rings. The molecular weight excluding hydrogens is 246 g/mol. The van der Waals surface area contributed by atoms with Crippen molar-refractivity contribution in [1.29, 1.82) is 5.26 Å². The molecule has 1 aromatic carbocycles. The van der Waals surface area contributed by atoms with E-state index in [1.54, 1.807) is 24.3 Å². The lowest BCUT2D eigenvalue weighted by Crippen LogP contribution is -2.41. The fraction of sp³-hybridized carbons (Fsp3) is 0.385. The Hall–Kier alpha value is -2.10. The molecule has 6 heteroatoms. The van der Waals surface area contributed by atoms with E-state index < -0.39 is 0 Å². The number of carbonyl (C=O) groups is 1. The summed E-state index contributed by atoms with van der Waals surface area (Å²) in [7, 11) is 0. The van der Waals surface area contributed by atoms with Gasteiger partial charge in [0.15, 0.2) is 0 Å². The van der Waals surface area contributed by atoms with Crippen molar-refractivity contribution < 1.29 is 14.3 Å². The molecule has 0 radical (unpaired) electrons. The van der Waals surface area contributed by atoms with E-state index in [1.165, 1.54) is 0 Å². The van der Waals surface area contributed by atoms with Crippen molar-refractivity contribution >= 4 is 11.7 Å². The van der Waals surface area contributed by atoms with Crippen molar-refractivity contribution in [3.05, 3.63) is 29.8 Å². The van der Waals surface area contributed by atoms with Crippen molar-refractivity contribution in [2.24, 2.45) is 0 Å². The van der Waals surface area contributed by atoms with Crippen LogP contribution >= 0.6 is 0 Å². The number of nitriles is 1. The van der Waals surface area contributed by atoms with Crippen LogP contribution in [0.4, 0.5) is 10.5 Å². The zero-order valence-electron chi connectivity index (χ0n) is 10.4. The van der Waals surface area contributed by atoms with Crippen LogP contribution in [0.5, 0.6) is 0 Å². The Morgan fingerprint density at radius 1 is 1.47 bits per heavy atom. The fourth-order valence-electron chi connectivity index (χ4n) is 1.70. The number of ether oxygens (including phenoxy) is 2. The molecule has 1 fully saturated rings. The first-order valence-electron chi connectivity index (χ1n) is 6.02. The maximum absolute atomic E-state index is 11.7. The summed E-state index contributed by atoms with van der Waals surface area (Å²) >= 11 is 0. The van der Waals surface area contributed by atoms with Gasteiger partial charge in [0.05, 0.1) is 37.6 Å². The smallest absolute Gasteiger partial charge is 0.319 e. The summed E-state index contributed by atoms with van der Waals surface area (Å²) in [6.45, 7) is 2.04. The first-order chi connectivity index (χ1) is 9.28. The molecule has 1 saturated heterocycles. The maximum atomic E-state index is 11.7. The zero-order valence-corrected chi connectivity index (χ0v) is 10.4. The second-order valence-corrected chi connectivity index (χ2v) is 4.10. The van der Waals surface area contributed by atoms with Crippen molar-refractivity contribution in [1.82, 2.24) is 5.32 Å². The van der Waals surface area contributed by atoms with Crippen molar-refractivity contribution in [2.75, 3.05) is 31.7 Å². The van der Waals surface area contributed by atoms with E-state index in [4.69, 9.17) is 14.7 Å². The van der Waals surface area contributed by atoms with Crippen LogP contribution in [0, 0.1) is 11.3 Å². The van der Waals surface area contributed by atoms with Crippen molar-refractivity contribution in [3.63, 3.8) is 0 Å². The number of anilines is 1. The maximum Gasteiger partial charge on any atom is 0.319 e. The van der Waals surface area contributed by atoms with Gasteiger partial charge in [-0.15, -0.1) is 0 Å². The molecule has 6 nitrogen and oxygen atoms in total. The molecule has 0 saturated carbocycles. The summed E-state index contributed by atoms with van der Waals surface area (Å²) in [5.74, 6) is 0. The molecule has 19 heavy (non-hydrogen) atoms. The van der Waals surface area contributed by atoms with Gasteiger partial charge < -0.3 is 20.1 Å². The van der Waals surface area contributed by atoms with E-state index >= 15 is 0 Å². The van der Waals surface area contributed by atoms with Crippen LogP contribution in [0.2, 0.25) is 0 Å². The second-order valence-electron chi connectivity index (χ2n) is 4.10. The minimum Gasteiger partial charge on any atom is -0.376 e. The van der Waals surface area contributed by atoms with Gasteiger partial charge in [0.25, 0.3) is 0 Å². The third-order valence-electron chi connectivity index (χ3n) is 2.62. The number of urea groups is 1. The van der Waals surface area contributed by atoms with E-state index in [9.17, 15) is 4.79 Å². The average Bonchev–Trinajstić information content (AvgIpc) is 2.46. The van der Waals surface area contributed by atoms with Crippen LogP contribution in [0.1, 0.15) is 5.56 Å². The predicted molar refractivity (Wildman–Crippen MR) is 68.7 cm³/mol. The minimum atomic E-state index is -0.329. The molecule has 0 aromatic heterocycles. The van der Waals surface area contributed by atoms with Gasteiger partial charge in [-0.25, -0.2) is 4.79 Å². The van der Waals surface area contributed by atoms with Gasteiger partial charge in [0.1, 0.15) is 0 Å². The lowest BCUT2D eigenvalue weighted by atomic mass is 10.2. The van der Waals surface area contributed by atoms with Gasteiger partial charge in [-0.1, -0.05) is 6.07 Å². The van der Waals surface area contributed by atoms with Gasteiger partial charge in [0, 0.05) is 12.2 Å². The summed E-state index contributed by atoms with van der Waals surface area (Å²) < 4.78 is 10.6. The second kappa shape index (κ2) is 6.73. The van der Waals surface area contributed by atoms with Crippen LogP contribution < -0.4 is 10.6 Å². The van der Waals surface area contributed by atoms with Gasteiger partial charge >= 0.3 is 6.03 Å². The Morgan fingerprint density at radius 3 is 3.11 bits per heavy atom. The molecule has 2 amide bonds. The van der Waals surface area contributed by atoms with E-state index in [0.717, 1.165) is 0 Å². The molecule has 100 valence electrons. The highest BCUT2D eigenvalue weighted by molar-refractivity contribution is 5.89. The molecule has 2 N–H and O–H groups in total.